The highest BCUT2D eigenvalue weighted by Crippen LogP contribution is 2.39. The van der Waals surface area contributed by atoms with Crippen LogP contribution >= 0.6 is 0 Å². The van der Waals surface area contributed by atoms with Gasteiger partial charge in [-0.05, 0) is 52.7 Å². The molecule has 0 aromatic heterocycles. The van der Waals surface area contributed by atoms with Crippen molar-refractivity contribution in [3.8, 4) is 0 Å². The van der Waals surface area contributed by atoms with Gasteiger partial charge in [0, 0.05) is 6.04 Å². The lowest BCUT2D eigenvalue weighted by Crippen LogP contribution is -2.41. The fraction of sp³-hybridized carbons (Fsp3) is 0.909. The van der Waals surface area contributed by atoms with Crippen molar-refractivity contribution in [3.05, 3.63) is 0 Å². The quantitative estimate of drug-likeness (QED) is 0.730. The number of aliphatic carboxylic acids is 1. The Bertz CT molecular complexity index is 221. The summed E-state index contributed by atoms with van der Waals surface area (Å²) < 4.78 is 0. The van der Waals surface area contributed by atoms with Crippen LogP contribution in [-0.2, 0) is 4.79 Å². The van der Waals surface area contributed by atoms with Gasteiger partial charge in [-0.1, -0.05) is 0 Å². The molecule has 0 atom stereocenters. The first-order chi connectivity index (χ1) is 6.96. The molecule has 0 aromatic carbocycles. The Labute approximate surface area is 91.4 Å². The molecule has 0 radical (unpaired) electrons. The third-order valence-electron chi connectivity index (χ3n) is 3.48. The lowest BCUT2D eigenvalue weighted by atomic mass is 9.70. The van der Waals surface area contributed by atoms with Gasteiger partial charge in [-0.2, -0.15) is 0 Å². The van der Waals surface area contributed by atoms with Gasteiger partial charge in [0.1, 0.15) is 0 Å². The first-order valence-electron chi connectivity index (χ1n) is 5.60. The Balaban J connectivity index is 2.59. The predicted molar refractivity (Wildman–Crippen MR) is 59.7 cm³/mol. The Hall–Kier alpha value is -0.610. The standard InChI is InChI=1S/C11H22N2O2/c1-13(2)8-7-11(10(14)15)5-3-9(12)4-6-11/h9H,3-8,12H2,1-2H3,(H,14,15). The molecule has 0 spiro atoms. The van der Waals surface area contributed by atoms with Gasteiger partial charge in [0.25, 0.3) is 0 Å². The van der Waals surface area contributed by atoms with E-state index in [-0.39, 0.29) is 6.04 Å². The molecule has 0 unspecified atom stereocenters. The molecule has 1 aliphatic carbocycles. The summed E-state index contributed by atoms with van der Waals surface area (Å²) in [5.74, 6) is -0.642. The zero-order valence-electron chi connectivity index (χ0n) is 9.70. The normalized spacial score (nSPS) is 31.9. The maximum Gasteiger partial charge on any atom is 0.309 e. The summed E-state index contributed by atoms with van der Waals surface area (Å²) in [5, 5.41) is 9.33. The van der Waals surface area contributed by atoms with Crippen LogP contribution in [0, 0.1) is 5.41 Å². The van der Waals surface area contributed by atoms with E-state index < -0.39 is 11.4 Å². The van der Waals surface area contributed by atoms with Crippen LogP contribution in [0.2, 0.25) is 0 Å². The zero-order chi connectivity index (χ0) is 11.5. The highest BCUT2D eigenvalue weighted by Gasteiger charge is 2.40. The van der Waals surface area contributed by atoms with Crippen LogP contribution < -0.4 is 5.73 Å². The maximum atomic E-state index is 11.3. The SMILES string of the molecule is CN(C)CCC1(C(=O)O)CCC(N)CC1. The third kappa shape index (κ3) is 3.18. The Morgan fingerprint density at radius 2 is 2.00 bits per heavy atom. The molecule has 0 saturated heterocycles. The van der Waals surface area contributed by atoms with Gasteiger partial charge in [0.2, 0.25) is 0 Å². The van der Waals surface area contributed by atoms with Crippen molar-refractivity contribution >= 4 is 5.97 Å². The molecule has 15 heavy (non-hydrogen) atoms. The number of rotatable bonds is 4. The molecule has 0 bridgehead atoms. The van der Waals surface area contributed by atoms with E-state index in [0.717, 1.165) is 38.6 Å². The second-order valence-corrected chi connectivity index (χ2v) is 4.98. The average Bonchev–Trinajstić information content (AvgIpc) is 2.17. The van der Waals surface area contributed by atoms with Crippen LogP contribution in [0.3, 0.4) is 0 Å². The first kappa shape index (κ1) is 12.5. The van der Waals surface area contributed by atoms with Crippen molar-refractivity contribution in [2.24, 2.45) is 11.1 Å². The minimum absolute atomic E-state index is 0.205. The summed E-state index contributed by atoms with van der Waals surface area (Å²) in [6.07, 6.45) is 3.90. The summed E-state index contributed by atoms with van der Waals surface area (Å²) in [6, 6.07) is 0.205. The van der Waals surface area contributed by atoms with E-state index in [9.17, 15) is 9.90 Å². The van der Waals surface area contributed by atoms with Gasteiger partial charge >= 0.3 is 5.97 Å². The number of nitrogens with two attached hydrogens (primary N) is 1. The van der Waals surface area contributed by atoms with E-state index in [1.165, 1.54) is 0 Å². The summed E-state index contributed by atoms with van der Waals surface area (Å²) in [6.45, 7) is 0.835. The third-order valence-corrected chi connectivity index (χ3v) is 3.48. The minimum Gasteiger partial charge on any atom is -0.481 e. The first-order valence-corrected chi connectivity index (χ1v) is 5.60. The van der Waals surface area contributed by atoms with Crippen molar-refractivity contribution in [1.29, 1.82) is 0 Å². The van der Waals surface area contributed by atoms with Gasteiger partial charge in [-0.3, -0.25) is 4.79 Å². The van der Waals surface area contributed by atoms with Crippen molar-refractivity contribution in [2.45, 2.75) is 38.1 Å². The molecule has 0 aromatic rings. The minimum atomic E-state index is -0.642. The monoisotopic (exact) mass is 214 g/mol. The predicted octanol–water partition coefficient (Wildman–Crippen LogP) is 0.910. The number of nitrogens with zero attached hydrogens (tertiary/aromatic N) is 1. The summed E-state index contributed by atoms with van der Waals surface area (Å²) in [5.41, 5.74) is 5.29. The number of carboxylic acid groups (broad SMARTS) is 1. The molecule has 1 aliphatic rings. The van der Waals surface area contributed by atoms with Crippen molar-refractivity contribution < 1.29 is 9.90 Å². The topological polar surface area (TPSA) is 66.6 Å². The summed E-state index contributed by atoms with van der Waals surface area (Å²) in [7, 11) is 3.95. The average molecular weight is 214 g/mol. The van der Waals surface area contributed by atoms with Gasteiger partial charge < -0.3 is 15.7 Å². The lowest BCUT2D eigenvalue weighted by Gasteiger charge is -2.36. The fourth-order valence-corrected chi connectivity index (χ4v) is 2.20. The van der Waals surface area contributed by atoms with Gasteiger partial charge in [0.05, 0.1) is 5.41 Å². The molecule has 1 saturated carbocycles. The zero-order valence-corrected chi connectivity index (χ0v) is 9.70. The molecular formula is C11H22N2O2. The second kappa shape index (κ2) is 4.94. The van der Waals surface area contributed by atoms with E-state index in [1.54, 1.807) is 0 Å². The number of hydrogen-bond donors (Lipinski definition) is 2. The van der Waals surface area contributed by atoms with Crippen molar-refractivity contribution in [2.75, 3.05) is 20.6 Å². The molecule has 0 amide bonds. The van der Waals surface area contributed by atoms with Crippen LogP contribution in [0.1, 0.15) is 32.1 Å². The largest absolute Gasteiger partial charge is 0.481 e. The van der Waals surface area contributed by atoms with Gasteiger partial charge in [-0.25, -0.2) is 0 Å². The van der Waals surface area contributed by atoms with Crippen LogP contribution in [0.25, 0.3) is 0 Å². The molecule has 0 aliphatic heterocycles. The van der Waals surface area contributed by atoms with Crippen molar-refractivity contribution in [1.82, 2.24) is 4.90 Å². The molecule has 4 heteroatoms. The molecule has 4 nitrogen and oxygen atoms in total. The number of hydrogen-bond acceptors (Lipinski definition) is 3. The smallest absolute Gasteiger partial charge is 0.309 e. The van der Waals surface area contributed by atoms with Crippen LogP contribution in [-0.4, -0.2) is 42.7 Å². The Morgan fingerprint density at radius 3 is 2.40 bits per heavy atom. The molecule has 3 N–H and O–H groups in total. The van der Waals surface area contributed by atoms with Gasteiger partial charge in [-0.15, -0.1) is 0 Å². The molecule has 0 heterocycles. The number of carbonyl (C=O) groups is 1. The molecule has 88 valence electrons. The summed E-state index contributed by atoms with van der Waals surface area (Å²) in [4.78, 5) is 13.4. The van der Waals surface area contributed by atoms with E-state index >= 15 is 0 Å². The van der Waals surface area contributed by atoms with E-state index in [2.05, 4.69) is 0 Å². The molecule has 1 rings (SSSR count). The molecule has 1 fully saturated rings. The van der Waals surface area contributed by atoms with Gasteiger partial charge in [0.15, 0.2) is 0 Å². The van der Waals surface area contributed by atoms with Crippen LogP contribution in [0.4, 0.5) is 0 Å². The maximum absolute atomic E-state index is 11.3. The lowest BCUT2D eigenvalue weighted by molar-refractivity contribution is -0.152. The second-order valence-electron chi connectivity index (χ2n) is 4.98. The highest BCUT2D eigenvalue weighted by molar-refractivity contribution is 5.74. The number of carboxylic acids is 1. The molecular weight excluding hydrogens is 192 g/mol. The van der Waals surface area contributed by atoms with Crippen LogP contribution in [0.5, 0.6) is 0 Å². The van der Waals surface area contributed by atoms with Crippen molar-refractivity contribution in [3.63, 3.8) is 0 Å². The highest BCUT2D eigenvalue weighted by atomic mass is 16.4. The van der Waals surface area contributed by atoms with E-state index in [4.69, 9.17) is 5.73 Å². The Morgan fingerprint density at radius 1 is 1.47 bits per heavy atom. The van der Waals surface area contributed by atoms with E-state index in [1.807, 2.05) is 19.0 Å². The van der Waals surface area contributed by atoms with E-state index in [0.29, 0.717) is 0 Å². The van der Waals surface area contributed by atoms with Crippen LogP contribution in [0.15, 0.2) is 0 Å². The Kier molecular flexibility index (Phi) is 4.11. The fourth-order valence-electron chi connectivity index (χ4n) is 2.20. The summed E-state index contributed by atoms with van der Waals surface area (Å²) >= 11 is 0.